The minimum atomic E-state index is -5.08. The third kappa shape index (κ3) is 7.91. The van der Waals surface area contributed by atoms with E-state index in [2.05, 4.69) is 35.9 Å². The summed E-state index contributed by atoms with van der Waals surface area (Å²) >= 11 is 5.85. The highest BCUT2D eigenvalue weighted by atomic mass is 35.5. The molecule has 0 saturated carbocycles. The minimum absolute atomic E-state index is 0.108. The third-order valence-corrected chi connectivity index (χ3v) is 3.38. The van der Waals surface area contributed by atoms with Crippen LogP contribution in [0.25, 0.3) is 0 Å². The fraction of sp³-hybridized carbons (Fsp3) is 0.0588. The van der Waals surface area contributed by atoms with Crippen LogP contribution in [0.5, 0.6) is 0 Å². The molecule has 0 radical (unpaired) electrons. The maximum atomic E-state index is 12.1. The highest BCUT2D eigenvalue weighted by molar-refractivity contribution is 6.30. The third-order valence-electron chi connectivity index (χ3n) is 3.15. The van der Waals surface area contributed by atoms with Gasteiger partial charge in [-0.25, -0.2) is 9.42 Å². The number of hydrogen-bond donors (Lipinski definition) is 3. The number of carboxylic acid groups (broad SMARTS) is 1. The number of pyridine rings is 1. The van der Waals surface area contributed by atoms with Crippen LogP contribution in [0, 0.1) is 0 Å². The first-order valence-corrected chi connectivity index (χ1v) is 8.59. The Morgan fingerprint density at radius 3 is 2.50 bits per heavy atom. The van der Waals surface area contributed by atoms with Gasteiger partial charge in [0.25, 0.3) is 5.91 Å². The summed E-state index contributed by atoms with van der Waals surface area (Å²) in [4.78, 5) is 29.7. The molecule has 2 aromatic heterocycles. The Labute approximate surface area is 181 Å². The Morgan fingerprint density at radius 1 is 1.19 bits per heavy atom. The molecule has 0 unspecified atom stereocenters. The van der Waals surface area contributed by atoms with Gasteiger partial charge in [-0.1, -0.05) is 22.8 Å². The number of nitrogens with one attached hydrogen (secondary N) is 2. The summed E-state index contributed by atoms with van der Waals surface area (Å²) < 4.78 is 36.3. The molecule has 32 heavy (non-hydrogen) atoms. The molecule has 0 saturated heterocycles. The molecule has 15 heteroatoms. The average Bonchev–Trinajstić information content (AvgIpc) is 3.18. The molecule has 2 heterocycles. The van der Waals surface area contributed by atoms with Gasteiger partial charge in [0.1, 0.15) is 6.21 Å². The van der Waals surface area contributed by atoms with Crippen LogP contribution in [0.2, 0.25) is 5.02 Å². The molecule has 0 aliphatic rings. The molecule has 3 rings (SSSR count). The first kappa shape index (κ1) is 24.1. The summed E-state index contributed by atoms with van der Waals surface area (Å²) in [6.07, 6.45) is -0.836. The van der Waals surface area contributed by atoms with Gasteiger partial charge in [-0.3, -0.25) is 14.7 Å². The average molecular weight is 473 g/mol. The first-order valence-electron chi connectivity index (χ1n) is 8.22. The Kier molecular flexibility index (Phi) is 8.47. The summed E-state index contributed by atoms with van der Waals surface area (Å²) in [5.74, 6) is -3.03. The zero-order valence-electron chi connectivity index (χ0n) is 15.6. The van der Waals surface area contributed by atoms with Crippen LogP contribution in [0.15, 0.2) is 58.6 Å². The molecule has 0 spiro atoms. The highest BCUT2D eigenvalue weighted by Gasteiger charge is 2.38. The standard InChI is InChI=1S/C15H11ClN6O3.C2HF3O2/c16-11-2-1-3-12(8-11)20-24-18-9-13-14(22-25-21-13)19-15(23)10-4-6-17-7-5-10;3-2(4,5)1(6)7/h1-9,20H,(H,19,22,23);(H,6,7)/b18-9+;. The number of carbonyl (C=O) groups excluding carboxylic acids is 1. The fourth-order valence-corrected chi connectivity index (χ4v) is 1.95. The second-order valence-electron chi connectivity index (χ2n) is 5.43. The van der Waals surface area contributed by atoms with Crippen molar-refractivity contribution in [1.82, 2.24) is 15.3 Å². The van der Waals surface area contributed by atoms with E-state index < -0.39 is 12.1 Å². The molecule has 0 aliphatic carbocycles. The van der Waals surface area contributed by atoms with Crippen LogP contribution in [-0.2, 0) is 9.73 Å². The van der Waals surface area contributed by atoms with Crippen molar-refractivity contribution in [2.24, 2.45) is 5.16 Å². The molecule has 0 aliphatic heterocycles. The molecule has 0 bridgehead atoms. The van der Waals surface area contributed by atoms with E-state index in [1.165, 1.54) is 18.6 Å². The van der Waals surface area contributed by atoms with Crippen LogP contribution < -0.4 is 10.8 Å². The monoisotopic (exact) mass is 472 g/mol. The number of amides is 1. The van der Waals surface area contributed by atoms with E-state index in [4.69, 9.17) is 26.4 Å². The number of carboxylic acids is 1. The summed E-state index contributed by atoms with van der Waals surface area (Å²) in [5, 5.41) is 21.2. The lowest BCUT2D eigenvalue weighted by molar-refractivity contribution is -0.192. The molecule has 3 N–H and O–H groups in total. The number of carbonyl (C=O) groups is 2. The van der Waals surface area contributed by atoms with Crippen molar-refractivity contribution >= 4 is 41.2 Å². The topological polar surface area (TPSA) is 152 Å². The van der Waals surface area contributed by atoms with Gasteiger partial charge >= 0.3 is 12.1 Å². The van der Waals surface area contributed by atoms with E-state index >= 15 is 0 Å². The predicted molar refractivity (Wildman–Crippen MR) is 104 cm³/mol. The van der Waals surface area contributed by atoms with Crippen molar-refractivity contribution < 1.29 is 37.4 Å². The van der Waals surface area contributed by atoms with Crippen molar-refractivity contribution in [3.8, 4) is 0 Å². The number of benzene rings is 1. The first-order chi connectivity index (χ1) is 15.2. The largest absolute Gasteiger partial charge is 0.490 e. The van der Waals surface area contributed by atoms with E-state index in [-0.39, 0.29) is 17.4 Å². The Balaban J connectivity index is 0.000000451. The van der Waals surface area contributed by atoms with Gasteiger partial charge in [0.05, 0.1) is 5.69 Å². The van der Waals surface area contributed by atoms with Gasteiger partial charge in [0.2, 0.25) is 5.82 Å². The number of halogens is 4. The van der Waals surface area contributed by atoms with E-state index in [9.17, 15) is 18.0 Å². The minimum Gasteiger partial charge on any atom is -0.475 e. The van der Waals surface area contributed by atoms with Crippen LogP contribution in [0.4, 0.5) is 24.7 Å². The van der Waals surface area contributed by atoms with Gasteiger partial charge in [0.15, 0.2) is 5.69 Å². The summed E-state index contributed by atoms with van der Waals surface area (Å²) in [6.45, 7) is 0. The number of aromatic nitrogens is 3. The lowest BCUT2D eigenvalue weighted by Gasteiger charge is -2.02. The smallest absolute Gasteiger partial charge is 0.475 e. The van der Waals surface area contributed by atoms with Crippen LogP contribution in [0.3, 0.4) is 0 Å². The highest BCUT2D eigenvalue weighted by Crippen LogP contribution is 2.15. The van der Waals surface area contributed by atoms with Gasteiger partial charge < -0.3 is 10.4 Å². The van der Waals surface area contributed by atoms with Crippen molar-refractivity contribution in [2.75, 3.05) is 10.8 Å². The molecular formula is C17H12ClF3N6O5. The number of rotatable bonds is 6. The molecule has 168 valence electrons. The number of anilines is 2. The van der Waals surface area contributed by atoms with Gasteiger partial charge in [-0.15, -0.1) is 0 Å². The molecular weight excluding hydrogens is 461 g/mol. The van der Waals surface area contributed by atoms with Crippen molar-refractivity contribution in [3.63, 3.8) is 0 Å². The number of hydrogen-bond acceptors (Lipinski definition) is 9. The molecule has 3 aromatic rings. The Morgan fingerprint density at radius 2 is 1.88 bits per heavy atom. The summed E-state index contributed by atoms with van der Waals surface area (Å²) in [7, 11) is 0. The van der Waals surface area contributed by atoms with E-state index in [1.807, 2.05) is 0 Å². The molecule has 1 amide bonds. The normalized spacial score (nSPS) is 10.8. The summed E-state index contributed by atoms with van der Waals surface area (Å²) in [5.41, 5.74) is 3.80. The Bertz CT molecular complexity index is 1080. The van der Waals surface area contributed by atoms with Crippen molar-refractivity contribution in [1.29, 1.82) is 0 Å². The Hall–Kier alpha value is -4.20. The summed E-state index contributed by atoms with van der Waals surface area (Å²) in [6, 6.07) is 10.0. The zero-order chi connectivity index (χ0) is 23.6. The van der Waals surface area contributed by atoms with Gasteiger partial charge in [-0.05, 0) is 40.6 Å². The molecule has 11 nitrogen and oxygen atoms in total. The fourth-order valence-electron chi connectivity index (χ4n) is 1.76. The maximum absolute atomic E-state index is 12.1. The van der Waals surface area contributed by atoms with E-state index in [0.717, 1.165) is 0 Å². The maximum Gasteiger partial charge on any atom is 0.490 e. The number of aliphatic carboxylic acids is 1. The number of nitrogens with zero attached hydrogens (tertiary/aromatic N) is 4. The molecule has 0 atom stereocenters. The second-order valence-corrected chi connectivity index (χ2v) is 5.87. The zero-order valence-corrected chi connectivity index (χ0v) is 16.3. The quantitative estimate of drug-likeness (QED) is 0.362. The van der Waals surface area contributed by atoms with E-state index in [0.29, 0.717) is 16.3 Å². The second kappa shape index (κ2) is 11.3. The van der Waals surface area contributed by atoms with Crippen LogP contribution in [-0.4, -0.2) is 44.7 Å². The van der Waals surface area contributed by atoms with Gasteiger partial charge in [-0.2, -0.15) is 18.7 Å². The van der Waals surface area contributed by atoms with Crippen LogP contribution >= 0.6 is 11.6 Å². The predicted octanol–water partition coefficient (Wildman–Crippen LogP) is 3.38. The van der Waals surface area contributed by atoms with Crippen molar-refractivity contribution in [3.05, 3.63) is 65.1 Å². The van der Waals surface area contributed by atoms with Crippen LogP contribution in [0.1, 0.15) is 16.1 Å². The lowest BCUT2D eigenvalue weighted by atomic mass is 10.2. The SMILES string of the molecule is O=C(Nc1nonc1/C=N/ONc1cccc(Cl)c1)c1ccncc1.O=C(O)C(F)(F)F. The lowest BCUT2D eigenvalue weighted by Crippen LogP contribution is -2.21. The molecule has 0 fully saturated rings. The van der Waals surface area contributed by atoms with Gasteiger partial charge in [0, 0.05) is 23.0 Å². The number of alkyl halides is 3. The van der Waals surface area contributed by atoms with Crippen molar-refractivity contribution in [2.45, 2.75) is 6.18 Å². The molecule has 1 aromatic carbocycles. The van der Waals surface area contributed by atoms with E-state index in [1.54, 1.807) is 36.4 Å². The number of oxime groups is 1.